The number of rotatable bonds is 5. The van der Waals surface area contributed by atoms with E-state index in [9.17, 15) is 0 Å². The summed E-state index contributed by atoms with van der Waals surface area (Å²) in [7, 11) is 0. The van der Waals surface area contributed by atoms with E-state index in [1.165, 1.54) is 22.4 Å². The number of anilines is 1. The van der Waals surface area contributed by atoms with Crippen LogP contribution < -0.4 is 4.90 Å². The Kier molecular flexibility index (Phi) is 5.24. The zero-order valence-corrected chi connectivity index (χ0v) is 14.0. The minimum absolute atomic E-state index is 0.476. The van der Waals surface area contributed by atoms with Crippen LogP contribution in [-0.2, 0) is 11.9 Å². The molecule has 20 heavy (non-hydrogen) atoms. The lowest BCUT2D eigenvalue weighted by Gasteiger charge is -2.31. The zero-order valence-electron chi connectivity index (χ0n) is 12.4. The van der Waals surface area contributed by atoms with Gasteiger partial charge in [0.1, 0.15) is 0 Å². The molecule has 0 radical (unpaired) electrons. The smallest absolute Gasteiger partial charge is 0.0432 e. The molecular formula is C18H22BrN. The Morgan fingerprint density at radius 3 is 2.25 bits per heavy atom. The van der Waals surface area contributed by atoms with Crippen LogP contribution in [0.15, 0.2) is 48.5 Å². The summed E-state index contributed by atoms with van der Waals surface area (Å²) in [6.45, 7) is 7.65. The quantitative estimate of drug-likeness (QED) is 0.671. The fourth-order valence-corrected chi connectivity index (χ4v) is 2.80. The maximum atomic E-state index is 3.52. The van der Waals surface area contributed by atoms with Crippen LogP contribution in [0, 0.1) is 6.92 Å². The van der Waals surface area contributed by atoms with Crippen molar-refractivity contribution in [1.82, 2.24) is 0 Å². The van der Waals surface area contributed by atoms with Crippen molar-refractivity contribution >= 4 is 21.6 Å². The lowest BCUT2D eigenvalue weighted by atomic mass is 10.1. The molecule has 0 fully saturated rings. The Morgan fingerprint density at radius 1 is 1.00 bits per heavy atom. The van der Waals surface area contributed by atoms with Gasteiger partial charge in [0.25, 0.3) is 0 Å². The summed E-state index contributed by atoms with van der Waals surface area (Å²) >= 11 is 3.52. The zero-order chi connectivity index (χ0) is 14.5. The molecular weight excluding hydrogens is 310 g/mol. The first-order valence-corrected chi connectivity index (χ1v) is 8.20. The molecule has 2 heteroatoms. The summed E-state index contributed by atoms with van der Waals surface area (Å²) in [5, 5.41) is 0.911. The van der Waals surface area contributed by atoms with E-state index in [1.54, 1.807) is 0 Å². The van der Waals surface area contributed by atoms with Crippen LogP contribution in [0.1, 0.15) is 30.5 Å². The van der Waals surface area contributed by atoms with Gasteiger partial charge in [-0.05, 0) is 43.5 Å². The average Bonchev–Trinajstić information content (AvgIpc) is 2.46. The maximum absolute atomic E-state index is 3.52. The van der Waals surface area contributed by atoms with Crippen molar-refractivity contribution in [3.8, 4) is 0 Å². The number of hydrogen-bond acceptors (Lipinski definition) is 1. The molecule has 2 aromatic carbocycles. The summed E-state index contributed by atoms with van der Waals surface area (Å²) < 4.78 is 0. The summed E-state index contributed by atoms with van der Waals surface area (Å²) in [5.74, 6) is 0. The van der Waals surface area contributed by atoms with Gasteiger partial charge < -0.3 is 4.90 Å². The Hall–Kier alpha value is -1.28. The second-order valence-corrected chi connectivity index (χ2v) is 6.02. The molecule has 0 bridgehead atoms. The minimum atomic E-state index is 0.476. The molecule has 106 valence electrons. The van der Waals surface area contributed by atoms with Crippen LogP contribution in [0.25, 0.3) is 0 Å². The fraction of sp³-hybridized carbons (Fsp3) is 0.333. The molecule has 2 rings (SSSR count). The van der Waals surface area contributed by atoms with Crippen LogP contribution in [0.4, 0.5) is 5.69 Å². The Bertz CT molecular complexity index is 549. The first-order valence-electron chi connectivity index (χ1n) is 7.08. The van der Waals surface area contributed by atoms with Crippen LogP contribution in [-0.4, -0.2) is 6.04 Å². The lowest BCUT2D eigenvalue weighted by Crippen LogP contribution is -2.30. The minimum Gasteiger partial charge on any atom is -0.365 e. The van der Waals surface area contributed by atoms with E-state index >= 15 is 0 Å². The van der Waals surface area contributed by atoms with Gasteiger partial charge in [0, 0.05) is 23.6 Å². The maximum Gasteiger partial charge on any atom is 0.0432 e. The normalized spacial score (nSPS) is 10.8. The third-order valence-corrected chi connectivity index (χ3v) is 4.19. The lowest BCUT2D eigenvalue weighted by molar-refractivity contribution is 0.680. The monoisotopic (exact) mass is 331 g/mol. The third-order valence-electron chi connectivity index (χ3n) is 3.54. The number of alkyl halides is 1. The highest BCUT2D eigenvalue weighted by Crippen LogP contribution is 2.26. The molecule has 0 N–H and O–H groups in total. The van der Waals surface area contributed by atoms with E-state index in [1.807, 2.05) is 0 Å². The van der Waals surface area contributed by atoms with Gasteiger partial charge in [0.15, 0.2) is 0 Å². The van der Waals surface area contributed by atoms with Gasteiger partial charge in [-0.2, -0.15) is 0 Å². The van der Waals surface area contributed by atoms with Crippen LogP contribution in [0.3, 0.4) is 0 Å². The van der Waals surface area contributed by atoms with Gasteiger partial charge in [-0.1, -0.05) is 58.4 Å². The van der Waals surface area contributed by atoms with Crippen molar-refractivity contribution in [3.63, 3.8) is 0 Å². The van der Waals surface area contributed by atoms with Crippen molar-refractivity contribution in [3.05, 3.63) is 65.2 Å². The Balaban J connectivity index is 2.29. The number of nitrogens with zero attached hydrogens (tertiary/aromatic N) is 1. The molecule has 0 aliphatic heterocycles. The van der Waals surface area contributed by atoms with Crippen LogP contribution in [0.2, 0.25) is 0 Å². The summed E-state index contributed by atoms with van der Waals surface area (Å²) in [4.78, 5) is 2.46. The summed E-state index contributed by atoms with van der Waals surface area (Å²) in [5.41, 5.74) is 5.35. The summed E-state index contributed by atoms with van der Waals surface area (Å²) in [6.07, 6.45) is 0. The topological polar surface area (TPSA) is 3.24 Å². The first-order chi connectivity index (χ1) is 9.61. The number of benzene rings is 2. The molecule has 0 spiro atoms. The van der Waals surface area contributed by atoms with Crippen molar-refractivity contribution in [2.45, 2.75) is 38.7 Å². The van der Waals surface area contributed by atoms with Gasteiger partial charge in [0.2, 0.25) is 0 Å². The molecule has 0 aromatic heterocycles. The van der Waals surface area contributed by atoms with Gasteiger partial charge >= 0.3 is 0 Å². The van der Waals surface area contributed by atoms with Crippen LogP contribution in [0.5, 0.6) is 0 Å². The van der Waals surface area contributed by atoms with E-state index in [0.717, 1.165) is 11.9 Å². The van der Waals surface area contributed by atoms with E-state index in [2.05, 4.69) is 90.1 Å². The Morgan fingerprint density at radius 2 is 1.70 bits per heavy atom. The van der Waals surface area contributed by atoms with Gasteiger partial charge in [-0.3, -0.25) is 0 Å². The molecule has 2 aromatic rings. The predicted molar refractivity (Wildman–Crippen MR) is 91.6 cm³/mol. The molecule has 0 saturated carbocycles. The van der Waals surface area contributed by atoms with E-state index in [0.29, 0.717) is 6.04 Å². The van der Waals surface area contributed by atoms with Crippen molar-refractivity contribution in [2.24, 2.45) is 0 Å². The average molecular weight is 332 g/mol. The van der Waals surface area contributed by atoms with Gasteiger partial charge in [-0.15, -0.1) is 0 Å². The molecule has 0 aliphatic rings. The molecule has 0 heterocycles. The second-order valence-electron chi connectivity index (χ2n) is 5.46. The molecule has 0 unspecified atom stereocenters. The highest BCUT2D eigenvalue weighted by Gasteiger charge is 2.13. The highest BCUT2D eigenvalue weighted by molar-refractivity contribution is 9.08. The van der Waals surface area contributed by atoms with E-state index in [-0.39, 0.29) is 0 Å². The standard InChI is InChI=1S/C18H22BrN/c1-14(2)20(13-16-7-5-4-6-8-16)18-10-9-17(12-19)11-15(18)3/h4-11,14H,12-13H2,1-3H3. The molecule has 1 nitrogen and oxygen atoms in total. The fourth-order valence-electron chi connectivity index (χ4n) is 2.45. The SMILES string of the molecule is Cc1cc(CBr)ccc1N(Cc1ccccc1)C(C)C. The molecule has 0 aliphatic carbocycles. The van der Waals surface area contributed by atoms with E-state index < -0.39 is 0 Å². The Labute approximate surface area is 130 Å². The highest BCUT2D eigenvalue weighted by atomic mass is 79.9. The summed E-state index contributed by atoms with van der Waals surface area (Å²) in [6, 6.07) is 17.9. The van der Waals surface area contributed by atoms with Crippen molar-refractivity contribution in [2.75, 3.05) is 4.90 Å². The van der Waals surface area contributed by atoms with Gasteiger partial charge in [-0.25, -0.2) is 0 Å². The number of aryl methyl sites for hydroxylation is 1. The first kappa shape index (κ1) is 15.1. The second kappa shape index (κ2) is 6.94. The molecule has 0 atom stereocenters. The van der Waals surface area contributed by atoms with Crippen LogP contribution >= 0.6 is 15.9 Å². The van der Waals surface area contributed by atoms with Crippen molar-refractivity contribution < 1.29 is 0 Å². The largest absolute Gasteiger partial charge is 0.365 e. The van der Waals surface area contributed by atoms with Crippen molar-refractivity contribution in [1.29, 1.82) is 0 Å². The van der Waals surface area contributed by atoms with Gasteiger partial charge in [0.05, 0.1) is 0 Å². The predicted octanol–water partition coefficient (Wildman–Crippen LogP) is 5.30. The third kappa shape index (κ3) is 3.63. The molecule has 0 saturated heterocycles. The van der Waals surface area contributed by atoms with E-state index in [4.69, 9.17) is 0 Å². The number of hydrogen-bond donors (Lipinski definition) is 0. The molecule has 0 amide bonds. The number of halogens is 1.